The van der Waals surface area contributed by atoms with Gasteiger partial charge in [-0.15, -0.1) is 0 Å². The quantitative estimate of drug-likeness (QED) is 0.503. The van der Waals surface area contributed by atoms with Crippen LogP contribution in [0.2, 0.25) is 0 Å². The van der Waals surface area contributed by atoms with Crippen molar-refractivity contribution >= 4 is 33.4 Å². The SMILES string of the molecule is CN(C)C(=O)COc1ccc(NC(=O)c2ccccc2OCc2cccc(Br)c2)cc1. The molecule has 7 heteroatoms. The van der Waals surface area contributed by atoms with Crippen LogP contribution in [0.25, 0.3) is 0 Å². The van der Waals surface area contributed by atoms with Crippen LogP contribution in [0.3, 0.4) is 0 Å². The minimum atomic E-state index is -0.277. The zero-order valence-electron chi connectivity index (χ0n) is 17.3. The Morgan fingerprint density at radius 3 is 2.39 bits per heavy atom. The number of halogens is 1. The Morgan fingerprint density at radius 1 is 0.935 bits per heavy atom. The number of amides is 2. The lowest BCUT2D eigenvalue weighted by molar-refractivity contribution is -0.130. The lowest BCUT2D eigenvalue weighted by Gasteiger charge is -2.13. The largest absolute Gasteiger partial charge is 0.488 e. The molecule has 31 heavy (non-hydrogen) atoms. The number of rotatable bonds is 8. The fraction of sp³-hybridized carbons (Fsp3) is 0.167. The van der Waals surface area contributed by atoms with Gasteiger partial charge in [-0.1, -0.05) is 40.2 Å². The highest BCUT2D eigenvalue weighted by atomic mass is 79.9. The van der Waals surface area contributed by atoms with E-state index in [4.69, 9.17) is 9.47 Å². The lowest BCUT2D eigenvalue weighted by atomic mass is 10.1. The zero-order valence-corrected chi connectivity index (χ0v) is 18.9. The van der Waals surface area contributed by atoms with E-state index in [-0.39, 0.29) is 18.4 Å². The Morgan fingerprint density at radius 2 is 1.68 bits per heavy atom. The number of carbonyl (C=O) groups excluding carboxylic acids is 2. The second-order valence-electron chi connectivity index (χ2n) is 6.97. The molecule has 6 nitrogen and oxygen atoms in total. The summed E-state index contributed by atoms with van der Waals surface area (Å²) in [5, 5.41) is 2.86. The minimum absolute atomic E-state index is 0.0403. The predicted molar refractivity (Wildman–Crippen MR) is 124 cm³/mol. The number of ether oxygens (including phenoxy) is 2. The van der Waals surface area contributed by atoms with Crippen molar-refractivity contribution in [2.45, 2.75) is 6.61 Å². The molecule has 0 aliphatic rings. The summed E-state index contributed by atoms with van der Waals surface area (Å²) in [5.74, 6) is 0.645. The molecule has 3 aromatic rings. The smallest absolute Gasteiger partial charge is 0.259 e. The Kier molecular flexibility index (Phi) is 7.67. The highest BCUT2D eigenvalue weighted by Gasteiger charge is 2.13. The van der Waals surface area contributed by atoms with E-state index in [0.29, 0.717) is 29.4 Å². The number of nitrogens with zero attached hydrogens (tertiary/aromatic N) is 1. The molecule has 0 aliphatic heterocycles. The average Bonchev–Trinajstić information content (AvgIpc) is 2.77. The Hall–Kier alpha value is -3.32. The molecule has 1 N–H and O–H groups in total. The van der Waals surface area contributed by atoms with Crippen molar-refractivity contribution in [1.82, 2.24) is 4.90 Å². The van der Waals surface area contributed by atoms with Crippen LogP contribution in [0.4, 0.5) is 5.69 Å². The third-order valence-electron chi connectivity index (χ3n) is 4.39. The first-order valence-electron chi connectivity index (χ1n) is 9.63. The van der Waals surface area contributed by atoms with Crippen molar-refractivity contribution in [3.05, 3.63) is 88.4 Å². The van der Waals surface area contributed by atoms with E-state index < -0.39 is 0 Å². The van der Waals surface area contributed by atoms with Gasteiger partial charge in [-0.05, 0) is 54.1 Å². The molecule has 3 rings (SSSR count). The maximum absolute atomic E-state index is 12.8. The van der Waals surface area contributed by atoms with Crippen LogP contribution in [0.15, 0.2) is 77.3 Å². The van der Waals surface area contributed by atoms with Crippen molar-refractivity contribution in [3.8, 4) is 11.5 Å². The molecule has 0 aromatic heterocycles. The number of para-hydroxylation sites is 1. The predicted octanol–water partition coefficient (Wildman–Crippen LogP) is 4.75. The molecule has 0 saturated heterocycles. The molecular weight excluding hydrogens is 460 g/mol. The van der Waals surface area contributed by atoms with Gasteiger partial charge in [0.05, 0.1) is 5.56 Å². The van der Waals surface area contributed by atoms with Gasteiger partial charge in [0.1, 0.15) is 18.1 Å². The van der Waals surface area contributed by atoms with Crippen LogP contribution < -0.4 is 14.8 Å². The van der Waals surface area contributed by atoms with Crippen molar-refractivity contribution in [3.63, 3.8) is 0 Å². The minimum Gasteiger partial charge on any atom is -0.488 e. The topological polar surface area (TPSA) is 67.9 Å². The normalized spacial score (nSPS) is 10.3. The van der Waals surface area contributed by atoms with Crippen LogP contribution >= 0.6 is 15.9 Å². The highest BCUT2D eigenvalue weighted by Crippen LogP contribution is 2.23. The van der Waals surface area contributed by atoms with E-state index in [9.17, 15) is 9.59 Å². The summed E-state index contributed by atoms with van der Waals surface area (Å²) in [5.41, 5.74) is 2.04. The van der Waals surface area contributed by atoms with Crippen LogP contribution in [-0.4, -0.2) is 37.4 Å². The summed E-state index contributed by atoms with van der Waals surface area (Å²) in [6.45, 7) is 0.308. The Labute approximate surface area is 189 Å². The molecule has 2 amide bonds. The van der Waals surface area contributed by atoms with Gasteiger partial charge in [-0.25, -0.2) is 0 Å². The summed E-state index contributed by atoms with van der Waals surface area (Å²) >= 11 is 3.44. The maximum atomic E-state index is 12.8. The van der Waals surface area contributed by atoms with Crippen molar-refractivity contribution in [2.75, 3.05) is 26.0 Å². The average molecular weight is 483 g/mol. The number of likely N-dealkylation sites (N-methyl/N-ethyl adjacent to an activating group) is 1. The van der Waals surface area contributed by atoms with Gasteiger partial charge < -0.3 is 19.7 Å². The first kappa shape index (κ1) is 22.4. The first-order chi connectivity index (χ1) is 14.9. The Bertz CT molecular complexity index is 1050. The number of benzene rings is 3. The molecule has 3 aromatic carbocycles. The summed E-state index contributed by atoms with van der Waals surface area (Å²) in [7, 11) is 3.34. The molecular formula is C24H23BrN2O4. The third-order valence-corrected chi connectivity index (χ3v) is 4.88. The van der Waals surface area contributed by atoms with Gasteiger partial charge in [-0.2, -0.15) is 0 Å². The second kappa shape index (κ2) is 10.6. The van der Waals surface area contributed by atoms with E-state index in [0.717, 1.165) is 10.0 Å². The van der Waals surface area contributed by atoms with Crippen LogP contribution in [0.1, 0.15) is 15.9 Å². The van der Waals surface area contributed by atoms with Gasteiger partial charge in [0.25, 0.3) is 11.8 Å². The van der Waals surface area contributed by atoms with E-state index in [1.807, 2.05) is 30.3 Å². The van der Waals surface area contributed by atoms with E-state index in [1.165, 1.54) is 4.90 Å². The van der Waals surface area contributed by atoms with Gasteiger partial charge in [0.2, 0.25) is 0 Å². The van der Waals surface area contributed by atoms with Gasteiger partial charge in [-0.3, -0.25) is 9.59 Å². The highest BCUT2D eigenvalue weighted by molar-refractivity contribution is 9.10. The fourth-order valence-corrected chi connectivity index (χ4v) is 3.12. The number of hydrogen-bond donors (Lipinski definition) is 1. The zero-order chi connectivity index (χ0) is 22.2. The summed E-state index contributed by atoms with van der Waals surface area (Å²) in [6, 6.07) is 21.8. The molecule has 0 aliphatic carbocycles. The molecule has 0 saturated carbocycles. The molecule has 0 unspecified atom stereocenters. The molecule has 0 atom stereocenters. The van der Waals surface area contributed by atoms with Crippen molar-refractivity contribution in [2.24, 2.45) is 0 Å². The van der Waals surface area contributed by atoms with Crippen molar-refractivity contribution in [1.29, 1.82) is 0 Å². The van der Waals surface area contributed by atoms with E-state index in [1.54, 1.807) is 56.6 Å². The van der Waals surface area contributed by atoms with Crippen LogP contribution in [-0.2, 0) is 11.4 Å². The van der Waals surface area contributed by atoms with Crippen molar-refractivity contribution < 1.29 is 19.1 Å². The van der Waals surface area contributed by atoms with Gasteiger partial charge >= 0.3 is 0 Å². The molecule has 0 radical (unpaired) electrons. The molecule has 0 spiro atoms. The molecule has 160 valence electrons. The maximum Gasteiger partial charge on any atom is 0.259 e. The molecule has 0 fully saturated rings. The van der Waals surface area contributed by atoms with Gasteiger partial charge in [0, 0.05) is 24.3 Å². The Balaban J connectivity index is 1.62. The number of carbonyl (C=O) groups is 2. The van der Waals surface area contributed by atoms with Gasteiger partial charge in [0.15, 0.2) is 6.61 Å². The van der Waals surface area contributed by atoms with E-state index >= 15 is 0 Å². The second-order valence-corrected chi connectivity index (χ2v) is 7.89. The number of hydrogen-bond acceptors (Lipinski definition) is 4. The fourth-order valence-electron chi connectivity index (χ4n) is 2.68. The molecule has 0 bridgehead atoms. The lowest BCUT2D eigenvalue weighted by Crippen LogP contribution is -2.27. The van der Waals surface area contributed by atoms with Crippen LogP contribution in [0, 0.1) is 0 Å². The summed E-state index contributed by atoms with van der Waals surface area (Å²) in [6.07, 6.45) is 0. The van der Waals surface area contributed by atoms with E-state index in [2.05, 4.69) is 21.2 Å². The monoisotopic (exact) mass is 482 g/mol. The standard InChI is InChI=1S/C24H23BrN2O4/c1-27(2)23(28)16-30-20-12-10-19(11-13-20)26-24(29)21-8-3-4-9-22(21)31-15-17-6-5-7-18(25)14-17/h3-14H,15-16H2,1-2H3,(H,26,29). The molecule has 0 heterocycles. The summed E-state index contributed by atoms with van der Waals surface area (Å²) < 4.78 is 12.3. The number of anilines is 1. The number of nitrogens with one attached hydrogen (secondary N) is 1. The van der Waals surface area contributed by atoms with Crippen LogP contribution in [0.5, 0.6) is 11.5 Å². The first-order valence-corrected chi connectivity index (χ1v) is 10.4. The summed E-state index contributed by atoms with van der Waals surface area (Å²) in [4.78, 5) is 25.9. The third kappa shape index (κ3) is 6.58.